The Labute approximate surface area is 125 Å². The van der Waals surface area contributed by atoms with Crippen molar-refractivity contribution in [3.8, 4) is 11.5 Å². The Morgan fingerprint density at radius 1 is 1.05 bits per heavy atom. The highest BCUT2D eigenvalue weighted by Crippen LogP contribution is 2.25. The van der Waals surface area contributed by atoms with Crippen LogP contribution in [0.3, 0.4) is 0 Å². The second kappa shape index (κ2) is 6.61. The number of ether oxygens (including phenoxy) is 2. The summed E-state index contributed by atoms with van der Waals surface area (Å²) < 4.78 is 24.4. The SMILES string of the molecule is COc1ccc(COc2cc(C(C)C)ccc2C)cc1F. The monoisotopic (exact) mass is 288 g/mol. The quantitative estimate of drug-likeness (QED) is 0.783. The van der Waals surface area contributed by atoms with Gasteiger partial charge in [-0.3, -0.25) is 0 Å². The molecule has 0 saturated heterocycles. The van der Waals surface area contributed by atoms with Gasteiger partial charge in [0.25, 0.3) is 0 Å². The molecular formula is C18H21FO2. The normalized spacial score (nSPS) is 10.8. The van der Waals surface area contributed by atoms with Crippen LogP contribution in [0.2, 0.25) is 0 Å². The number of halogens is 1. The lowest BCUT2D eigenvalue weighted by Crippen LogP contribution is -2.00. The first-order chi connectivity index (χ1) is 10.0. The summed E-state index contributed by atoms with van der Waals surface area (Å²) in [5.41, 5.74) is 3.09. The van der Waals surface area contributed by atoms with Crippen molar-refractivity contribution in [2.45, 2.75) is 33.3 Å². The van der Waals surface area contributed by atoms with Gasteiger partial charge in [0.2, 0.25) is 0 Å². The van der Waals surface area contributed by atoms with Crippen LogP contribution in [-0.2, 0) is 6.61 Å². The molecule has 0 saturated carbocycles. The molecular weight excluding hydrogens is 267 g/mol. The molecule has 2 rings (SSSR count). The van der Waals surface area contributed by atoms with E-state index in [-0.39, 0.29) is 11.6 Å². The number of hydrogen-bond donors (Lipinski definition) is 0. The van der Waals surface area contributed by atoms with Crippen LogP contribution < -0.4 is 9.47 Å². The van der Waals surface area contributed by atoms with Crippen LogP contribution in [-0.4, -0.2) is 7.11 Å². The maximum absolute atomic E-state index is 13.6. The number of benzene rings is 2. The molecule has 0 aliphatic heterocycles. The summed E-state index contributed by atoms with van der Waals surface area (Å²) >= 11 is 0. The molecule has 2 aromatic carbocycles. The summed E-state index contributed by atoms with van der Waals surface area (Å²) in [6, 6.07) is 11.1. The van der Waals surface area contributed by atoms with E-state index in [1.807, 2.05) is 13.0 Å². The zero-order valence-electron chi connectivity index (χ0n) is 12.9. The van der Waals surface area contributed by atoms with Crippen molar-refractivity contribution in [3.63, 3.8) is 0 Å². The summed E-state index contributed by atoms with van der Waals surface area (Å²) in [5, 5.41) is 0. The Morgan fingerprint density at radius 3 is 2.43 bits per heavy atom. The van der Waals surface area contributed by atoms with Gasteiger partial charge in [-0.2, -0.15) is 0 Å². The highest BCUT2D eigenvalue weighted by atomic mass is 19.1. The first-order valence-electron chi connectivity index (χ1n) is 7.07. The molecule has 21 heavy (non-hydrogen) atoms. The Morgan fingerprint density at radius 2 is 1.81 bits per heavy atom. The minimum atomic E-state index is -0.369. The number of methoxy groups -OCH3 is 1. The Hall–Kier alpha value is -2.03. The third kappa shape index (κ3) is 3.75. The second-order valence-electron chi connectivity index (χ2n) is 5.44. The van der Waals surface area contributed by atoms with Crippen LogP contribution in [0.1, 0.15) is 36.5 Å². The van der Waals surface area contributed by atoms with E-state index < -0.39 is 0 Å². The molecule has 0 aliphatic rings. The fourth-order valence-corrected chi connectivity index (χ4v) is 2.09. The van der Waals surface area contributed by atoms with Gasteiger partial charge >= 0.3 is 0 Å². The van der Waals surface area contributed by atoms with E-state index in [0.29, 0.717) is 12.5 Å². The van der Waals surface area contributed by atoms with Gasteiger partial charge in [0.1, 0.15) is 12.4 Å². The van der Waals surface area contributed by atoms with E-state index in [0.717, 1.165) is 16.9 Å². The van der Waals surface area contributed by atoms with E-state index in [9.17, 15) is 4.39 Å². The Balaban J connectivity index is 2.12. The maximum Gasteiger partial charge on any atom is 0.165 e. The standard InChI is InChI=1S/C18H21FO2/c1-12(2)15-7-5-13(3)18(10-15)21-11-14-6-8-17(20-4)16(19)9-14/h5-10,12H,11H2,1-4H3. The number of aryl methyl sites for hydroxylation is 1. The van der Waals surface area contributed by atoms with Crippen LogP contribution in [0.5, 0.6) is 11.5 Å². The number of rotatable bonds is 5. The summed E-state index contributed by atoms with van der Waals surface area (Å²) in [7, 11) is 1.45. The molecule has 2 nitrogen and oxygen atoms in total. The molecule has 2 aromatic rings. The molecule has 0 amide bonds. The van der Waals surface area contributed by atoms with Crippen LogP contribution in [0, 0.1) is 12.7 Å². The van der Waals surface area contributed by atoms with Gasteiger partial charge in [-0.15, -0.1) is 0 Å². The van der Waals surface area contributed by atoms with Gasteiger partial charge in [-0.25, -0.2) is 4.39 Å². The molecule has 0 N–H and O–H groups in total. The molecule has 3 heteroatoms. The minimum Gasteiger partial charge on any atom is -0.494 e. The minimum absolute atomic E-state index is 0.247. The third-order valence-electron chi connectivity index (χ3n) is 3.49. The first kappa shape index (κ1) is 15.4. The maximum atomic E-state index is 13.6. The molecule has 0 bridgehead atoms. The molecule has 0 fully saturated rings. The summed E-state index contributed by atoms with van der Waals surface area (Å²) in [6.45, 7) is 6.64. The fraction of sp³-hybridized carbons (Fsp3) is 0.333. The van der Waals surface area contributed by atoms with Gasteiger partial charge in [-0.05, 0) is 47.7 Å². The largest absolute Gasteiger partial charge is 0.494 e. The average Bonchev–Trinajstić information content (AvgIpc) is 2.46. The van der Waals surface area contributed by atoms with Crippen molar-refractivity contribution in [1.29, 1.82) is 0 Å². The highest BCUT2D eigenvalue weighted by Gasteiger charge is 2.07. The molecule has 0 spiro atoms. The summed E-state index contributed by atoms with van der Waals surface area (Å²) in [4.78, 5) is 0. The van der Waals surface area contributed by atoms with E-state index in [1.54, 1.807) is 6.07 Å². The van der Waals surface area contributed by atoms with E-state index in [4.69, 9.17) is 9.47 Å². The van der Waals surface area contributed by atoms with Gasteiger partial charge in [0, 0.05) is 0 Å². The van der Waals surface area contributed by atoms with Crippen LogP contribution in [0.15, 0.2) is 36.4 Å². The molecule has 0 aromatic heterocycles. The summed E-state index contributed by atoms with van der Waals surface area (Å²) in [5.74, 6) is 1.17. The molecule has 0 aliphatic carbocycles. The second-order valence-corrected chi connectivity index (χ2v) is 5.44. The first-order valence-corrected chi connectivity index (χ1v) is 7.07. The molecule has 112 valence electrons. The fourth-order valence-electron chi connectivity index (χ4n) is 2.09. The molecule has 0 unspecified atom stereocenters. The van der Waals surface area contributed by atoms with Crippen LogP contribution >= 0.6 is 0 Å². The predicted octanol–water partition coefficient (Wildman–Crippen LogP) is 4.85. The Bertz CT molecular complexity index is 621. The van der Waals surface area contributed by atoms with E-state index in [1.165, 1.54) is 18.7 Å². The van der Waals surface area contributed by atoms with Crippen molar-refractivity contribution < 1.29 is 13.9 Å². The van der Waals surface area contributed by atoms with Crippen molar-refractivity contribution >= 4 is 0 Å². The smallest absolute Gasteiger partial charge is 0.165 e. The van der Waals surface area contributed by atoms with Crippen molar-refractivity contribution in [2.24, 2.45) is 0 Å². The number of hydrogen-bond acceptors (Lipinski definition) is 2. The lowest BCUT2D eigenvalue weighted by Gasteiger charge is -2.13. The zero-order chi connectivity index (χ0) is 15.4. The Kier molecular flexibility index (Phi) is 4.84. The van der Waals surface area contributed by atoms with Gasteiger partial charge < -0.3 is 9.47 Å². The lowest BCUT2D eigenvalue weighted by molar-refractivity contribution is 0.302. The third-order valence-corrected chi connectivity index (χ3v) is 3.49. The molecule has 0 heterocycles. The topological polar surface area (TPSA) is 18.5 Å². The summed E-state index contributed by atoms with van der Waals surface area (Å²) in [6.07, 6.45) is 0. The van der Waals surface area contributed by atoms with E-state index in [2.05, 4.69) is 32.0 Å². The van der Waals surface area contributed by atoms with Crippen molar-refractivity contribution in [2.75, 3.05) is 7.11 Å². The van der Waals surface area contributed by atoms with E-state index >= 15 is 0 Å². The van der Waals surface area contributed by atoms with Gasteiger partial charge in [0.15, 0.2) is 11.6 Å². The average molecular weight is 288 g/mol. The van der Waals surface area contributed by atoms with Crippen LogP contribution in [0.25, 0.3) is 0 Å². The predicted molar refractivity (Wildman–Crippen MR) is 82.6 cm³/mol. The molecule has 0 radical (unpaired) electrons. The van der Waals surface area contributed by atoms with Gasteiger partial charge in [-0.1, -0.05) is 32.0 Å². The zero-order valence-corrected chi connectivity index (χ0v) is 12.9. The van der Waals surface area contributed by atoms with Crippen molar-refractivity contribution in [3.05, 3.63) is 58.9 Å². The highest BCUT2D eigenvalue weighted by molar-refractivity contribution is 5.38. The molecule has 0 atom stereocenters. The van der Waals surface area contributed by atoms with Crippen molar-refractivity contribution in [1.82, 2.24) is 0 Å². The van der Waals surface area contributed by atoms with Gasteiger partial charge in [0.05, 0.1) is 7.11 Å². The van der Waals surface area contributed by atoms with Crippen LogP contribution in [0.4, 0.5) is 4.39 Å². The lowest BCUT2D eigenvalue weighted by atomic mass is 10.0.